The number of ether oxygens (including phenoxy) is 1. The molecule has 1 atom stereocenters. The van der Waals surface area contributed by atoms with Crippen LogP contribution < -0.4 is 4.74 Å². The van der Waals surface area contributed by atoms with Crippen molar-refractivity contribution < 1.29 is 17.9 Å². The third-order valence-corrected chi connectivity index (χ3v) is 5.57. The van der Waals surface area contributed by atoms with Crippen molar-refractivity contribution in [2.75, 3.05) is 24.7 Å². The lowest BCUT2D eigenvalue weighted by atomic mass is 10.2. The predicted molar refractivity (Wildman–Crippen MR) is 85.7 cm³/mol. The zero-order valence-corrected chi connectivity index (χ0v) is 13.9. The SMILES string of the molecule is CCCN(C(=O)COc1ccc(C)cc1)C1CCS(=O)(=O)C1. The van der Waals surface area contributed by atoms with Crippen LogP contribution in [0.2, 0.25) is 0 Å². The second kappa shape index (κ2) is 7.13. The Bertz CT molecular complexity index is 610. The molecule has 0 saturated carbocycles. The minimum Gasteiger partial charge on any atom is -0.484 e. The van der Waals surface area contributed by atoms with Gasteiger partial charge in [-0.1, -0.05) is 24.6 Å². The van der Waals surface area contributed by atoms with E-state index in [1.54, 1.807) is 4.90 Å². The highest BCUT2D eigenvalue weighted by molar-refractivity contribution is 7.91. The predicted octanol–water partition coefficient (Wildman–Crippen LogP) is 1.80. The van der Waals surface area contributed by atoms with Crippen molar-refractivity contribution in [2.45, 2.75) is 32.7 Å². The monoisotopic (exact) mass is 325 g/mol. The molecule has 1 aliphatic heterocycles. The second-order valence-corrected chi connectivity index (χ2v) is 7.97. The molecule has 2 rings (SSSR count). The lowest BCUT2D eigenvalue weighted by Crippen LogP contribution is -2.44. The Hall–Kier alpha value is -1.56. The Morgan fingerprint density at radius 1 is 1.32 bits per heavy atom. The zero-order chi connectivity index (χ0) is 16.2. The summed E-state index contributed by atoms with van der Waals surface area (Å²) in [7, 11) is -3.00. The molecule has 0 spiro atoms. The molecule has 122 valence electrons. The van der Waals surface area contributed by atoms with Crippen molar-refractivity contribution in [2.24, 2.45) is 0 Å². The first kappa shape index (κ1) is 16.8. The van der Waals surface area contributed by atoms with Crippen LogP contribution in [0.4, 0.5) is 0 Å². The van der Waals surface area contributed by atoms with Crippen LogP contribution in [0.3, 0.4) is 0 Å². The largest absolute Gasteiger partial charge is 0.484 e. The Kier molecular flexibility index (Phi) is 5.45. The quantitative estimate of drug-likeness (QED) is 0.800. The minimum absolute atomic E-state index is 0.0559. The van der Waals surface area contributed by atoms with Crippen molar-refractivity contribution in [3.8, 4) is 5.75 Å². The van der Waals surface area contributed by atoms with E-state index in [0.717, 1.165) is 12.0 Å². The summed E-state index contributed by atoms with van der Waals surface area (Å²) in [6, 6.07) is 7.29. The van der Waals surface area contributed by atoms with Gasteiger partial charge in [0.05, 0.1) is 11.5 Å². The Balaban J connectivity index is 1.96. The van der Waals surface area contributed by atoms with Crippen molar-refractivity contribution in [1.29, 1.82) is 0 Å². The maximum absolute atomic E-state index is 12.4. The van der Waals surface area contributed by atoms with Gasteiger partial charge < -0.3 is 9.64 Å². The normalized spacial score (nSPS) is 19.8. The van der Waals surface area contributed by atoms with E-state index in [-0.39, 0.29) is 30.1 Å². The molecule has 5 nitrogen and oxygen atoms in total. The van der Waals surface area contributed by atoms with Crippen LogP contribution in [-0.2, 0) is 14.6 Å². The fraction of sp³-hybridized carbons (Fsp3) is 0.562. The van der Waals surface area contributed by atoms with Crippen LogP contribution in [0, 0.1) is 6.92 Å². The number of nitrogens with zero attached hydrogens (tertiary/aromatic N) is 1. The summed E-state index contributed by atoms with van der Waals surface area (Å²) in [6.45, 7) is 4.47. The first-order chi connectivity index (χ1) is 10.4. The highest BCUT2D eigenvalue weighted by Gasteiger charge is 2.34. The van der Waals surface area contributed by atoms with E-state index in [2.05, 4.69) is 0 Å². The summed E-state index contributed by atoms with van der Waals surface area (Å²) in [4.78, 5) is 14.0. The standard InChI is InChI=1S/C16H23NO4S/c1-3-9-17(14-8-10-22(19,20)12-14)16(18)11-21-15-6-4-13(2)5-7-15/h4-7,14H,3,8-12H2,1-2H3. The number of sulfone groups is 1. The van der Waals surface area contributed by atoms with E-state index < -0.39 is 9.84 Å². The van der Waals surface area contributed by atoms with Gasteiger partial charge in [0.1, 0.15) is 5.75 Å². The highest BCUT2D eigenvalue weighted by atomic mass is 32.2. The van der Waals surface area contributed by atoms with Gasteiger partial charge in [-0.2, -0.15) is 0 Å². The Labute approximate surface area is 132 Å². The van der Waals surface area contributed by atoms with E-state index in [1.165, 1.54) is 0 Å². The molecule has 0 radical (unpaired) electrons. The third-order valence-electron chi connectivity index (χ3n) is 3.82. The summed E-state index contributed by atoms with van der Waals surface area (Å²) >= 11 is 0. The van der Waals surface area contributed by atoms with Crippen molar-refractivity contribution in [3.63, 3.8) is 0 Å². The summed E-state index contributed by atoms with van der Waals surface area (Å²) < 4.78 is 28.7. The second-order valence-electron chi connectivity index (χ2n) is 5.75. The molecule has 1 saturated heterocycles. The average molecular weight is 325 g/mol. The molecule has 0 aromatic heterocycles. The summed E-state index contributed by atoms with van der Waals surface area (Å²) in [5, 5.41) is 0. The van der Waals surface area contributed by atoms with E-state index in [9.17, 15) is 13.2 Å². The van der Waals surface area contributed by atoms with Gasteiger partial charge in [-0.05, 0) is 31.9 Å². The molecule has 0 bridgehead atoms. The first-order valence-electron chi connectivity index (χ1n) is 7.60. The number of rotatable bonds is 6. The molecule has 1 heterocycles. The molecule has 1 amide bonds. The fourth-order valence-electron chi connectivity index (χ4n) is 2.64. The van der Waals surface area contributed by atoms with Crippen molar-refractivity contribution in [3.05, 3.63) is 29.8 Å². The molecular weight excluding hydrogens is 302 g/mol. The number of benzene rings is 1. The fourth-order valence-corrected chi connectivity index (χ4v) is 4.37. The number of carbonyl (C=O) groups excluding carboxylic acids is 1. The molecule has 6 heteroatoms. The van der Waals surface area contributed by atoms with Crippen LogP contribution in [-0.4, -0.2) is 49.9 Å². The summed E-state index contributed by atoms with van der Waals surface area (Å²) in [6.07, 6.45) is 1.32. The van der Waals surface area contributed by atoms with Crippen molar-refractivity contribution in [1.82, 2.24) is 4.90 Å². The molecule has 1 aliphatic rings. The van der Waals surface area contributed by atoms with Crippen LogP contribution >= 0.6 is 0 Å². The number of carbonyl (C=O) groups is 1. The zero-order valence-electron chi connectivity index (χ0n) is 13.1. The lowest BCUT2D eigenvalue weighted by molar-refractivity contribution is -0.135. The highest BCUT2D eigenvalue weighted by Crippen LogP contribution is 2.19. The maximum atomic E-state index is 12.4. The smallest absolute Gasteiger partial charge is 0.260 e. The van der Waals surface area contributed by atoms with Crippen molar-refractivity contribution >= 4 is 15.7 Å². The maximum Gasteiger partial charge on any atom is 0.260 e. The average Bonchev–Trinajstić information content (AvgIpc) is 2.83. The minimum atomic E-state index is -3.00. The van der Waals surface area contributed by atoms with Gasteiger partial charge in [-0.25, -0.2) is 8.42 Å². The molecule has 0 aliphatic carbocycles. The number of aryl methyl sites for hydroxylation is 1. The van der Waals surface area contributed by atoms with E-state index in [1.807, 2.05) is 38.1 Å². The first-order valence-corrected chi connectivity index (χ1v) is 9.43. The molecule has 1 aromatic rings. The van der Waals surface area contributed by atoms with E-state index in [0.29, 0.717) is 18.7 Å². The number of hydrogen-bond donors (Lipinski definition) is 0. The summed E-state index contributed by atoms with van der Waals surface area (Å²) in [5.41, 5.74) is 1.13. The molecule has 1 unspecified atom stereocenters. The van der Waals surface area contributed by atoms with Crippen LogP contribution in [0.5, 0.6) is 5.75 Å². The lowest BCUT2D eigenvalue weighted by Gasteiger charge is -2.27. The van der Waals surface area contributed by atoms with Crippen LogP contribution in [0.1, 0.15) is 25.3 Å². The van der Waals surface area contributed by atoms with E-state index in [4.69, 9.17) is 4.74 Å². The summed E-state index contributed by atoms with van der Waals surface area (Å²) in [5.74, 6) is 0.742. The van der Waals surface area contributed by atoms with Gasteiger partial charge in [-0.15, -0.1) is 0 Å². The van der Waals surface area contributed by atoms with Gasteiger partial charge >= 0.3 is 0 Å². The van der Waals surface area contributed by atoms with Gasteiger partial charge in [0, 0.05) is 12.6 Å². The number of amides is 1. The van der Waals surface area contributed by atoms with Gasteiger partial charge in [0.2, 0.25) is 0 Å². The molecule has 22 heavy (non-hydrogen) atoms. The molecule has 1 fully saturated rings. The molecule has 0 N–H and O–H groups in total. The van der Waals surface area contributed by atoms with Gasteiger partial charge in [0.25, 0.3) is 5.91 Å². The van der Waals surface area contributed by atoms with Crippen LogP contribution in [0.25, 0.3) is 0 Å². The Morgan fingerprint density at radius 3 is 2.55 bits per heavy atom. The number of hydrogen-bond acceptors (Lipinski definition) is 4. The van der Waals surface area contributed by atoms with Crippen LogP contribution in [0.15, 0.2) is 24.3 Å². The van der Waals surface area contributed by atoms with Gasteiger partial charge in [-0.3, -0.25) is 4.79 Å². The third kappa shape index (κ3) is 4.47. The topological polar surface area (TPSA) is 63.7 Å². The van der Waals surface area contributed by atoms with E-state index >= 15 is 0 Å². The van der Waals surface area contributed by atoms with Gasteiger partial charge in [0.15, 0.2) is 16.4 Å². The Morgan fingerprint density at radius 2 is 2.00 bits per heavy atom. The molecule has 1 aromatic carbocycles. The molecular formula is C16H23NO4S.